The zero-order chi connectivity index (χ0) is 25.8. The molecule has 182 valence electrons. The van der Waals surface area contributed by atoms with Crippen LogP contribution in [0.3, 0.4) is 0 Å². The molecule has 2 aromatic rings. The Morgan fingerprint density at radius 3 is 1.91 bits per heavy atom. The number of amides is 3. The molecule has 0 radical (unpaired) electrons. The zero-order valence-electron chi connectivity index (χ0n) is 19.7. The number of hydrogen-bond acceptors (Lipinski definition) is 6. The summed E-state index contributed by atoms with van der Waals surface area (Å²) in [4.78, 5) is 35.7. The van der Waals surface area contributed by atoms with Crippen LogP contribution in [-0.4, -0.2) is 52.8 Å². The average Bonchev–Trinajstić information content (AvgIpc) is 2.84. The third-order valence-corrected chi connectivity index (χ3v) is 4.62. The first-order valence-electron chi connectivity index (χ1n) is 10.9. The molecule has 0 aromatic heterocycles. The summed E-state index contributed by atoms with van der Waals surface area (Å²) in [5.41, 5.74) is 3.71. The van der Waals surface area contributed by atoms with Gasteiger partial charge in [0.2, 0.25) is 5.91 Å². The SMILES string of the molecule is CC(C)NCC(=O)Nc1ccc(C#CC#Cc2ccc(C(=O)N[C@H](C(=O)NO)[C@@H](C)O)cc2)cc1. The maximum Gasteiger partial charge on any atom is 0.268 e. The molecule has 0 aliphatic rings. The fourth-order valence-corrected chi connectivity index (χ4v) is 2.75. The molecule has 2 atom stereocenters. The van der Waals surface area contributed by atoms with E-state index in [4.69, 9.17) is 5.21 Å². The number of benzene rings is 2. The van der Waals surface area contributed by atoms with Crippen molar-refractivity contribution < 1.29 is 24.7 Å². The summed E-state index contributed by atoms with van der Waals surface area (Å²) >= 11 is 0. The van der Waals surface area contributed by atoms with E-state index in [1.165, 1.54) is 24.5 Å². The first-order valence-corrected chi connectivity index (χ1v) is 10.9. The third kappa shape index (κ3) is 9.32. The number of aliphatic hydroxyl groups excluding tert-OH is 1. The molecule has 9 heteroatoms. The van der Waals surface area contributed by atoms with Crippen LogP contribution in [0, 0.1) is 23.7 Å². The van der Waals surface area contributed by atoms with Gasteiger partial charge in [-0.15, -0.1) is 0 Å². The number of aliphatic hydroxyl groups is 1. The normalized spacial score (nSPS) is 11.7. The van der Waals surface area contributed by atoms with E-state index in [9.17, 15) is 19.5 Å². The van der Waals surface area contributed by atoms with Gasteiger partial charge in [-0.05, 0) is 67.3 Å². The van der Waals surface area contributed by atoms with Crippen molar-refractivity contribution in [3.8, 4) is 23.7 Å². The van der Waals surface area contributed by atoms with Crippen molar-refractivity contribution in [2.24, 2.45) is 0 Å². The Morgan fingerprint density at radius 1 is 0.886 bits per heavy atom. The average molecular weight is 477 g/mol. The summed E-state index contributed by atoms with van der Waals surface area (Å²) in [5, 5.41) is 26.5. The first kappa shape index (κ1) is 27.1. The summed E-state index contributed by atoms with van der Waals surface area (Å²) in [5.74, 6) is 9.65. The predicted octanol–water partition coefficient (Wildman–Crippen LogP) is 1.01. The molecule has 0 heterocycles. The van der Waals surface area contributed by atoms with Gasteiger partial charge < -0.3 is 21.1 Å². The van der Waals surface area contributed by atoms with Gasteiger partial charge in [0.15, 0.2) is 0 Å². The molecule has 0 fully saturated rings. The topological polar surface area (TPSA) is 140 Å². The molecule has 0 saturated carbocycles. The van der Waals surface area contributed by atoms with E-state index in [1.807, 2.05) is 13.8 Å². The molecule has 0 bridgehead atoms. The molecule has 2 aromatic carbocycles. The second kappa shape index (κ2) is 13.5. The van der Waals surface area contributed by atoms with Crippen LogP contribution in [0.1, 0.15) is 42.3 Å². The quantitative estimate of drug-likeness (QED) is 0.191. The lowest BCUT2D eigenvalue weighted by molar-refractivity contribution is -0.133. The summed E-state index contributed by atoms with van der Waals surface area (Å²) in [7, 11) is 0. The van der Waals surface area contributed by atoms with E-state index in [2.05, 4.69) is 39.6 Å². The van der Waals surface area contributed by atoms with Crippen molar-refractivity contribution in [3.05, 3.63) is 65.2 Å². The molecule has 2 rings (SSSR count). The Hall–Kier alpha value is -4.15. The Bertz CT molecular complexity index is 1150. The van der Waals surface area contributed by atoms with E-state index < -0.39 is 24.0 Å². The van der Waals surface area contributed by atoms with Crippen molar-refractivity contribution in [1.82, 2.24) is 16.1 Å². The van der Waals surface area contributed by atoms with E-state index in [1.54, 1.807) is 36.4 Å². The van der Waals surface area contributed by atoms with E-state index in [0.29, 0.717) is 11.3 Å². The Balaban J connectivity index is 1.94. The second-order valence-corrected chi connectivity index (χ2v) is 7.91. The molecular weight excluding hydrogens is 448 g/mol. The van der Waals surface area contributed by atoms with E-state index in [0.717, 1.165) is 5.56 Å². The Kier molecular flexibility index (Phi) is 10.5. The molecular formula is C26H28N4O5. The maximum atomic E-state index is 12.3. The van der Waals surface area contributed by atoms with Gasteiger partial charge in [0, 0.05) is 28.4 Å². The van der Waals surface area contributed by atoms with Crippen molar-refractivity contribution in [2.75, 3.05) is 11.9 Å². The predicted molar refractivity (Wildman–Crippen MR) is 131 cm³/mol. The first-order chi connectivity index (χ1) is 16.7. The smallest absolute Gasteiger partial charge is 0.268 e. The summed E-state index contributed by atoms with van der Waals surface area (Å²) < 4.78 is 0. The van der Waals surface area contributed by atoms with Gasteiger partial charge in [-0.3, -0.25) is 19.6 Å². The molecule has 3 amide bonds. The van der Waals surface area contributed by atoms with Crippen LogP contribution in [0.15, 0.2) is 48.5 Å². The summed E-state index contributed by atoms with van der Waals surface area (Å²) in [6.45, 7) is 5.49. The minimum Gasteiger partial charge on any atom is -0.391 e. The lowest BCUT2D eigenvalue weighted by Gasteiger charge is -2.19. The number of anilines is 1. The second-order valence-electron chi connectivity index (χ2n) is 7.91. The van der Waals surface area contributed by atoms with Crippen LogP contribution in [0.5, 0.6) is 0 Å². The summed E-state index contributed by atoms with van der Waals surface area (Å²) in [6.07, 6.45) is -1.20. The fraction of sp³-hybridized carbons (Fsp3) is 0.269. The van der Waals surface area contributed by atoms with E-state index >= 15 is 0 Å². The van der Waals surface area contributed by atoms with Crippen LogP contribution in [0.4, 0.5) is 5.69 Å². The monoisotopic (exact) mass is 476 g/mol. The number of carbonyl (C=O) groups excluding carboxylic acids is 3. The standard InChI is InChI=1S/C26H28N4O5/c1-17(2)27-16-23(32)28-22-14-10-20(11-15-22)7-5-4-6-19-8-12-21(13-9-19)25(33)29-24(18(3)31)26(34)30-35/h8-15,17-18,24,27,31,35H,16H2,1-3H3,(H,28,32)(H,29,33)(H,30,34)/t18-,24+/m1/s1. The number of carbonyl (C=O) groups is 3. The lowest BCUT2D eigenvalue weighted by Crippen LogP contribution is -2.51. The van der Waals surface area contributed by atoms with Crippen molar-refractivity contribution in [1.29, 1.82) is 0 Å². The van der Waals surface area contributed by atoms with Crippen LogP contribution < -0.4 is 21.4 Å². The zero-order valence-corrected chi connectivity index (χ0v) is 19.7. The number of rotatable bonds is 8. The van der Waals surface area contributed by atoms with Gasteiger partial charge in [0.25, 0.3) is 11.8 Å². The molecule has 0 aliphatic heterocycles. The van der Waals surface area contributed by atoms with Crippen LogP contribution in [0.2, 0.25) is 0 Å². The third-order valence-electron chi connectivity index (χ3n) is 4.62. The Morgan fingerprint density at radius 2 is 1.43 bits per heavy atom. The maximum absolute atomic E-state index is 12.3. The van der Waals surface area contributed by atoms with Gasteiger partial charge in [0.05, 0.1) is 12.6 Å². The van der Waals surface area contributed by atoms with Gasteiger partial charge >= 0.3 is 0 Å². The van der Waals surface area contributed by atoms with Gasteiger partial charge in [-0.1, -0.05) is 25.7 Å². The highest BCUT2D eigenvalue weighted by Crippen LogP contribution is 2.08. The van der Waals surface area contributed by atoms with Crippen LogP contribution in [0.25, 0.3) is 0 Å². The molecule has 6 N–H and O–H groups in total. The molecule has 0 saturated heterocycles. The minimum absolute atomic E-state index is 0.120. The number of hydrogen-bond donors (Lipinski definition) is 6. The van der Waals surface area contributed by atoms with Gasteiger partial charge in [-0.2, -0.15) is 0 Å². The van der Waals surface area contributed by atoms with Crippen molar-refractivity contribution in [3.63, 3.8) is 0 Å². The summed E-state index contributed by atoms with van der Waals surface area (Å²) in [6, 6.07) is 12.3. The molecule has 0 spiro atoms. The highest BCUT2D eigenvalue weighted by molar-refractivity contribution is 5.97. The van der Waals surface area contributed by atoms with Crippen molar-refractivity contribution in [2.45, 2.75) is 39.0 Å². The van der Waals surface area contributed by atoms with Gasteiger partial charge in [0.1, 0.15) is 6.04 Å². The van der Waals surface area contributed by atoms with Gasteiger partial charge in [-0.25, -0.2) is 5.48 Å². The largest absolute Gasteiger partial charge is 0.391 e. The number of nitrogens with one attached hydrogen (secondary N) is 4. The molecule has 0 aliphatic carbocycles. The fourth-order valence-electron chi connectivity index (χ4n) is 2.75. The Labute approximate surface area is 204 Å². The number of hydroxylamine groups is 1. The molecule has 35 heavy (non-hydrogen) atoms. The lowest BCUT2D eigenvalue weighted by atomic mass is 10.1. The molecule has 0 unspecified atom stereocenters. The van der Waals surface area contributed by atoms with Crippen LogP contribution in [-0.2, 0) is 9.59 Å². The highest BCUT2D eigenvalue weighted by Gasteiger charge is 2.25. The highest BCUT2D eigenvalue weighted by atomic mass is 16.5. The minimum atomic E-state index is -1.30. The van der Waals surface area contributed by atoms with Crippen LogP contribution >= 0.6 is 0 Å². The van der Waals surface area contributed by atoms with E-state index in [-0.39, 0.29) is 24.1 Å². The molecule has 9 nitrogen and oxygen atoms in total. The van der Waals surface area contributed by atoms with Crippen molar-refractivity contribution >= 4 is 23.4 Å².